The van der Waals surface area contributed by atoms with Gasteiger partial charge in [0.2, 0.25) is 5.95 Å². The number of hydrogen-bond acceptors (Lipinski definition) is 5. The summed E-state index contributed by atoms with van der Waals surface area (Å²) in [7, 11) is 0. The van der Waals surface area contributed by atoms with Crippen LogP contribution in [0.15, 0.2) is 4.79 Å². The van der Waals surface area contributed by atoms with Gasteiger partial charge in [-0.3, -0.25) is 9.78 Å². The second-order valence-corrected chi connectivity index (χ2v) is 3.90. The Morgan fingerprint density at radius 1 is 1.50 bits per heavy atom. The third kappa shape index (κ3) is 1.15. The van der Waals surface area contributed by atoms with Crippen LogP contribution in [-0.2, 0) is 6.54 Å². The van der Waals surface area contributed by atoms with Gasteiger partial charge in [0.1, 0.15) is 11.9 Å². The summed E-state index contributed by atoms with van der Waals surface area (Å²) in [6, 6.07) is 0. The molecule has 4 N–H and O–H groups in total. The second-order valence-electron chi connectivity index (χ2n) is 3.90. The number of nitrogens with one attached hydrogen (secondary N) is 1. The molecule has 0 amide bonds. The average molecular weight is 221 g/mol. The van der Waals surface area contributed by atoms with Crippen LogP contribution in [0.1, 0.15) is 24.8 Å². The number of anilines is 1. The number of fused-ring (bicyclic) bond motifs is 3. The number of aliphatic hydroxyl groups is 1. The molecule has 7 heteroatoms. The molecule has 1 aliphatic heterocycles. The van der Waals surface area contributed by atoms with Crippen molar-refractivity contribution in [2.45, 2.75) is 25.5 Å². The van der Waals surface area contributed by atoms with Crippen LogP contribution >= 0.6 is 0 Å². The molecular formula is C9H11N5O2. The molecule has 3 rings (SSSR count). The van der Waals surface area contributed by atoms with E-state index in [1.54, 1.807) is 4.57 Å². The minimum Gasteiger partial charge on any atom is -0.385 e. The topological polar surface area (TPSA) is 110 Å². The van der Waals surface area contributed by atoms with Crippen LogP contribution < -0.4 is 11.3 Å². The summed E-state index contributed by atoms with van der Waals surface area (Å²) in [5.41, 5.74) is 5.82. The van der Waals surface area contributed by atoms with Gasteiger partial charge < -0.3 is 15.4 Å². The number of aromatic nitrogens is 4. The highest BCUT2D eigenvalue weighted by Crippen LogP contribution is 2.26. The lowest BCUT2D eigenvalue weighted by Crippen LogP contribution is -2.19. The number of nitrogens with two attached hydrogens (primary N) is 1. The number of aryl methyl sites for hydroxylation is 1. The predicted molar refractivity (Wildman–Crippen MR) is 56.8 cm³/mol. The van der Waals surface area contributed by atoms with Gasteiger partial charge >= 0.3 is 0 Å². The van der Waals surface area contributed by atoms with Crippen molar-refractivity contribution in [3.8, 4) is 0 Å². The van der Waals surface area contributed by atoms with Crippen LogP contribution in [0.25, 0.3) is 11.2 Å². The van der Waals surface area contributed by atoms with Crippen molar-refractivity contribution in [2.24, 2.45) is 0 Å². The monoisotopic (exact) mass is 221 g/mol. The molecule has 2 aromatic rings. The summed E-state index contributed by atoms with van der Waals surface area (Å²) >= 11 is 0. The van der Waals surface area contributed by atoms with Gasteiger partial charge in [0, 0.05) is 6.54 Å². The molecule has 0 bridgehead atoms. The van der Waals surface area contributed by atoms with Gasteiger partial charge in [-0.25, -0.2) is 4.98 Å². The number of H-pyrrole nitrogens is 1. The van der Waals surface area contributed by atoms with Gasteiger partial charge in [-0.15, -0.1) is 0 Å². The maximum Gasteiger partial charge on any atom is 0.278 e. The number of hydrogen-bond donors (Lipinski definition) is 3. The van der Waals surface area contributed by atoms with E-state index in [9.17, 15) is 9.90 Å². The molecule has 0 spiro atoms. The first-order chi connectivity index (χ1) is 7.66. The zero-order valence-corrected chi connectivity index (χ0v) is 8.47. The largest absolute Gasteiger partial charge is 0.385 e. The molecule has 16 heavy (non-hydrogen) atoms. The van der Waals surface area contributed by atoms with Gasteiger partial charge in [0.15, 0.2) is 11.2 Å². The van der Waals surface area contributed by atoms with Crippen molar-refractivity contribution in [1.29, 1.82) is 0 Å². The van der Waals surface area contributed by atoms with Crippen LogP contribution in [0.3, 0.4) is 0 Å². The van der Waals surface area contributed by atoms with Crippen molar-refractivity contribution in [2.75, 3.05) is 5.73 Å². The minimum atomic E-state index is -0.622. The Morgan fingerprint density at radius 3 is 3.12 bits per heavy atom. The maximum absolute atomic E-state index is 11.7. The summed E-state index contributed by atoms with van der Waals surface area (Å²) < 4.78 is 1.72. The lowest BCUT2D eigenvalue weighted by Gasteiger charge is -2.18. The molecule has 7 nitrogen and oxygen atoms in total. The van der Waals surface area contributed by atoms with Crippen LogP contribution in [0.5, 0.6) is 0 Å². The van der Waals surface area contributed by atoms with E-state index in [0.29, 0.717) is 30.0 Å². The smallest absolute Gasteiger partial charge is 0.278 e. The van der Waals surface area contributed by atoms with Gasteiger partial charge in [0.25, 0.3) is 5.56 Å². The molecule has 0 aromatic carbocycles. The molecule has 0 saturated heterocycles. The number of rotatable bonds is 0. The summed E-state index contributed by atoms with van der Waals surface area (Å²) in [5, 5.41) is 9.77. The van der Waals surface area contributed by atoms with E-state index < -0.39 is 6.10 Å². The number of nitrogen functional groups attached to an aromatic ring is 1. The molecule has 0 fully saturated rings. The molecule has 3 heterocycles. The molecule has 1 atom stereocenters. The molecule has 0 aliphatic carbocycles. The Morgan fingerprint density at radius 2 is 2.31 bits per heavy atom. The van der Waals surface area contributed by atoms with Crippen molar-refractivity contribution < 1.29 is 5.11 Å². The molecule has 1 aliphatic rings. The predicted octanol–water partition coefficient (Wildman–Crippen LogP) is -0.471. The highest BCUT2D eigenvalue weighted by atomic mass is 16.3. The van der Waals surface area contributed by atoms with Crippen LogP contribution in [0.4, 0.5) is 5.95 Å². The van der Waals surface area contributed by atoms with Crippen molar-refractivity contribution in [3.63, 3.8) is 0 Å². The molecular weight excluding hydrogens is 210 g/mol. The van der Waals surface area contributed by atoms with E-state index in [-0.39, 0.29) is 11.5 Å². The summed E-state index contributed by atoms with van der Waals surface area (Å²) in [6.45, 7) is 0.678. The Balaban J connectivity index is 2.41. The molecule has 0 saturated carbocycles. The molecule has 0 radical (unpaired) electrons. The van der Waals surface area contributed by atoms with Crippen LogP contribution in [0.2, 0.25) is 0 Å². The van der Waals surface area contributed by atoms with Crippen molar-refractivity contribution >= 4 is 17.1 Å². The first-order valence-corrected chi connectivity index (χ1v) is 5.11. The fourth-order valence-corrected chi connectivity index (χ4v) is 2.13. The average Bonchev–Trinajstić information content (AvgIpc) is 2.57. The van der Waals surface area contributed by atoms with E-state index in [2.05, 4.69) is 15.0 Å². The van der Waals surface area contributed by atoms with E-state index in [4.69, 9.17) is 5.73 Å². The third-order valence-corrected chi connectivity index (χ3v) is 2.82. The fraction of sp³-hybridized carbons (Fsp3) is 0.444. The van der Waals surface area contributed by atoms with E-state index >= 15 is 0 Å². The van der Waals surface area contributed by atoms with Gasteiger partial charge in [0.05, 0.1) is 0 Å². The Bertz CT molecular complexity index is 614. The number of imidazole rings is 1. The van der Waals surface area contributed by atoms with Crippen LogP contribution in [0, 0.1) is 0 Å². The first-order valence-electron chi connectivity index (χ1n) is 5.11. The SMILES string of the molecule is Nc1nc2nc3n(c2c(=O)[nH]1)CCCC3O. The Hall–Kier alpha value is -1.89. The van der Waals surface area contributed by atoms with E-state index in [0.717, 1.165) is 6.42 Å². The van der Waals surface area contributed by atoms with Gasteiger partial charge in [-0.1, -0.05) is 0 Å². The molecule has 1 unspecified atom stereocenters. The quantitative estimate of drug-likeness (QED) is 0.557. The number of nitrogens with zero attached hydrogens (tertiary/aromatic N) is 3. The van der Waals surface area contributed by atoms with E-state index in [1.807, 2.05) is 0 Å². The van der Waals surface area contributed by atoms with Crippen molar-refractivity contribution in [3.05, 3.63) is 16.2 Å². The lowest BCUT2D eigenvalue weighted by molar-refractivity contribution is 0.135. The minimum absolute atomic E-state index is 0.0439. The summed E-state index contributed by atoms with van der Waals surface area (Å²) in [5.74, 6) is 0.548. The standard InChI is InChI=1S/C9H11N5O2/c10-9-12-6-5(8(16)13-9)14-3-1-2-4(15)7(14)11-6/h4,15H,1-3H2,(H3,10,12,13,16). The number of aromatic amines is 1. The molecule has 2 aromatic heterocycles. The lowest BCUT2D eigenvalue weighted by atomic mass is 10.1. The summed E-state index contributed by atoms with van der Waals surface area (Å²) in [6.07, 6.45) is 0.865. The Kier molecular flexibility index (Phi) is 1.78. The van der Waals surface area contributed by atoms with Crippen LogP contribution in [-0.4, -0.2) is 24.6 Å². The third-order valence-electron chi connectivity index (χ3n) is 2.82. The fourth-order valence-electron chi connectivity index (χ4n) is 2.13. The normalized spacial score (nSPS) is 19.9. The Labute approximate surface area is 89.9 Å². The maximum atomic E-state index is 11.7. The second kappa shape index (κ2) is 3.05. The van der Waals surface area contributed by atoms with Crippen molar-refractivity contribution in [1.82, 2.24) is 19.5 Å². The zero-order valence-electron chi connectivity index (χ0n) is 8.47. The van der Waals surface area contributed by atoms with E-state index in [1.165, 1.54) is 0 Å². The van der Waals surface area contributed by atoms with Gasteiger partial charge in [-0.2, -0.15) is 4.98 Å². The first kappa shape index (κ1) is 9.34. The highest BCUT2D eigenvalue weighted by molar-refractivity contribution is 5.71. The number of aliphatic hydroxyl groups excluding tert-OH is 1. The summed E-state index contributed by atoms with van der Waals surface area (Å²) in [4.78, 5) is 22.3. The highest BCUT2D eigenvalue weighted by Gasteiger charge is 2.24. The zero-order chi connectivity index (χ0) is 11.3. The molecule has 84 valence electrons. The van der Waals surface area contributed by atoms with Gasteiger partial charge in [-0.05, 0) is 12.8 Å².